The maximum Gasteiger partial charge on any atom is 0.237 e. The fourth-order valence-electron chi connectivity index (χ4n) is 2.37. The van der Waals surface area contributed by atoms with Gasteiger partial charge >= 0.3 is 0 Å². The van der Waals surface area contributed by atoms with Gasteiger partial charge < -0.3 is 10.6 Å². The number of para-hydroxylation sites is 1. The van der Waals surface area contributed by atoms with Crippen LogP contribution in [-0.2, 0) is 11.3 Å². The zero-order valence-electron chi connectivity index (χ0n) is 11.4. The van der Waals surface area contributed by atoms with Gasteiger partial charge in [-0.05, 0) is 41.4 Å². The number of halogens is 1. The average molecular weight is 309 g/mol. The Hall–Kier alpha value is -1.99. The lowest BCUT2D eigenvalue weighted by atomic mass is 10.1. The first-order valence-corrected chi connectivity index (χ1v) is 6.67. The number of carbonyl (C=O) groups excluding carboxylic acids is 1. The molecule has 1 atom stereocenters. The largest absolute Gasteiger partial charge is 0.351 e. The second-order valence-electron chi connectivity index (χ2n) is 4.75. The highest BCUT2D eigenvalue weighted by molar-refractivity contribution is 5.85. The highest BCUT2D eigenvalue weighted by Gasteiger charge is 2.21. The number of hydrogen-bond donors (Lipinski definition) is 2. The number of nitrogens with one attached hydrogen (secondary N) is 2. The van der Waals surface area contributed by atoms with E-state index in [9.17, 15) is 4.79 Å². The normalized spacial score (nSPS) is 17.2. The van der Waals surface area contributed by atoms with E-state index in [0.717, 1.165) is 30.6 Å². The lowest BCUT2D eigenvalue weighted by Crippen LogP contribution is -2.40. The third-order valence-corrected chi connectivity index (χ3v) is 3.42. The van der Waals surface area contributed by atoms with Crippen LogP contribution in [0.15, 0.2) is 30.6 Å². The molecule has 0 aliphatic carbocycles. The number of hydrogen-bond acceptors (Lipinski definition) is 5. The maximum atomic E-state index is 12.0. The minimum atomic E-state index is -0.0600. The highest BCUT2D eigenvalue weighted by Crippen LogP contribution is 2.12. The number of nitrogens with zero attached hydrogens (tertiary/aromatic N) is 4. The third-order valence-electron chi connectivity index (χ3n) is 3.42. The Morgan fingerprint density at radius 3 is 3.00 bits per heavy atom. The lowest BCUT2D eigenvalue weighted by Gasteiger charge is -2.13. The minimum absolute atomic E-state index is 0. The summed E-state index contributed by atoms with van der Waals surface area (Å²) in [6.45, 7) is 1.38. The Bertz CT molecular complexity index is 582. The van der Waals surface area contributed by atoms with Crippen LogP contribution in [0.3, 0.4) is 0 Å². The van der Waals surface area contributed by atoms with Gasteiger partial charge in [-0.3, -0.25) is 4.79 Å². The molecule has 0 unspecified atom stereocenters. The van der Waals surface area contributed by atoms with Gasteiger partial charge in [-0.1, -0.05) is 18.2 Å². The van der Waals surface area contributed by atoms with E-state index in [2.05, 4.69) is 26.2 Å². The smallest absolute Gasteiger partial charge is 0.237 e. The summed E-state index contributed by atoms with van der Waals surface area (Å²) in [5.41, 5.74) is 1.85. The molecule has 0 bridgehead atoms. The van der Waals surface area contributed by atoms with Gasteiger partial charge in [0.2, 0.25) is 5.91 Å². The van der Waals surface area contributed by atoms with Gasteiger partial charge in [0.15, 0.2) is 0 Å². The summed E-state index contributed by atoms with van der Waals surface area (Å²) in [6, 6.07) is 7.67. The number of aromatic nitrogens is 4. The van der Waals surface area contributed by atoms with Crippen LogP contribution >= 0.6 is 12.4 Å². The molecule has 21 heavy (non-hydrogen) atoms. The molecule has 1 saturated heterocycles. The second kappa shape index (κ2) is 7.14. The van der Waals surface area contributed by atoms with Crippen molar-refractivity contribution in [2.24, 2.45) is 0 Å². The van der Waals surface area contributed by atoms with E-state index in [1.807, 2.05) is 24.3 Å². The second-order valence-corrected chi connectivity index (χ2v) is 4.75. The summed E-state index contributed by atoms with van der Waals surface area (Å²) < 4.78 is 1.59. The van der Waals surface area contributed by atoms with Crippen LogP contribution in [0, 0.1) is 0 Å². The van der Waals surface area contributed by atoms with E-state index in [-0.39, 0.29) is 24.4 Å². The lowest BCUT2D eigenvalue weighted by molar-refractivity contribution is -0.122. The number of tetrazole rings is 1. The molecule has 2 N–H and O–H groups in total. The summed E-state index contributed by atoms with van der Waals surface area (Å²) in [5, 5.41) is 17.3. The van der Waals surface area contributed by atoms with E-state index in [4.69, 9.17) is 0 Å². The topological polar surface area (TPSA) is 84.7 Å². The number of rotatable bonds is 4. The molecule has 0 spiro atoms. The van der Waals surface area contributed by atoms with Crippen LogP contribution in [0.5, 0.6) is 0 Å². The van der Waals surface area contributed by atoms with E-state index in [1.165, 1.54) is 0 Å². The first-order chi connectivity index (χ1) is 9.84. The van der Waals surface area contributed by atoms with Crippen molar-refractivity contribution in [1.29, 1.82) is 0 Å². The quantitative estimate of drug-likeness (QED) is 0.857. The van der Waals surface area contributed by atoms with Crippen molar-refractivity contribution in [2.45, 2.75) is 25.4 Å². The SMILES string of the molecule is Cl.O=C(NCc1ccccc1-n1cnnn1)[C@@H]1CCCN1. The highest BCUT2D eigenvalue weighted by atomic mass is 35.5. The molecule has 1 aliphatic heterocycles. The monoisotopic (exact) mass is 308 g/mol. The first kappa shape index (κ1) is 15.4. The molecule has 8 heteroatoms. The van der Waals surface area contributed by atoms with Gasteiger partial charge in [0.05, 0.1) is 11.7 Å². The fraction of sp³-hybridized carbons (Fsp3) is 0.385. The molecular formula is C13H17ClN6O. The Morgan fingerprint density at radius 1 is 1.43 bits per heavy atom. The predicted molar refractivity (Wildman–Crippen MR) is 79.3 cm³/mol. The summed E-state index contributed by atoms with van der Waals surface area (Å²) in [7, 11) is 0. The molecule has 0 radical (unpaired) electrons. The average Bonchev–Trinajstić information content (AvgIpc) is 3.17. The van der Waals surface area contributed by atoms with Crippen molar-refractivity contribution in [3.63, 3.8) is 0 Å². The van der Waals surface area contributed by atoms with Crippen LogP contribution in [-0.4, -0.2) is 38.7 Å². The number of carbonyl (C=O) groups is 1. The minimum Gasteiger partial charge on any atom is -0.351 e. The fourth-order valence-corrected chi connectivity index (χ4v) is 2.37. The molecule has 0 saturated carbocycles. The van der Waals surface area contributed by atoms with E-state index < -0.39 is 0 Å². The standard InChI is InChI=1S/C13H16N6O.ClH/c20-13(11-5-3-7-14-11)15-8-10-4-1-2-6-12(10)19-9-16-17-18-19;/h1-2,4,6,9,11,14H,3,5,7-8H2,(H,15,20);1H/t11-;/m0./s1. The molecule has 1 aromatic carbocycles. The predicted octanol–water partition coefficient (Wildman–Crippen LogP) is 0.452. The van der Waals surface area contributed by atoms with Crippen LogP contribution in [0.4, 0.5) is 0 Å². The van der Waals surface area contributed by atoms with Crippen molar-refractivity contribution >= 4 is 18.3 Å². The Kier molecular flexibility index (Phi) is 5.24. The molecule has 3 rings (SSSR count). The number of benzene rings is 1. The van der Waals surface area contributed by atoms with Crippen molar-refractivity contribution in [3.05, 3.63) is 36.2 Å². The molecule has 1 amide bonds. The molecule has 1 fully saturated rings. The molecule has 2 heterocycles. The summed E-state index contributed by atoms with van der Waals surface area (Å²) in [6.07, 6.45) is 3.50. The van der Waals surface area contributed by atoms with E-state index >= 15 is 0 Å². The molecule has 112 valence electrons. The third kappa shape index (κ3) is 3.56. The Labute approximate surface area is 128 Å². The zero-order chi connectivity index (χ0) is 13.8. The summed E-state index contributed by atoms with van der Waals surface area (Å²) >= 11 is 0. The molecule has 1 aliphatic rings. The number of amides is 1. The molecular weight excluding hydrogens is 292 g/mol. The maximum absolute atomic E-state index is 12.0. The van der Waals surface area contributed by atoms with Gasteiger partial charge in [-0.2, -0.15) is 0 Å². The Morgan fingerprint density at radius 2 is 2.29 bits per heavy atom. The summed E-state index contributed by atoms with van der Waals surface area (Å²) in [5.74, 6) is 0.0500. The summed E-state index contributed by atoms with van der Waals surface area (Å²) in [4.78, 5) is 12.0. The van der Waals surface area contributed by atoms with Crippen LogP contribution in [0.1, 0.15) is 18.4 Å². The first-order valence-electron chi connectivity index (χ1n) is 6.67. The zero-order valence-corrected chi connectivity index (χ0v) is 12.2. The Balaban J connectivity index is 0.00000161. The van der Waals surface area contributed by atoms with E-state index in [1.54, 1.807) is 11.0 Å². The van der Waals surface area contributed by atoms with Crippen LogP contribution in [0.25, 0.3) is 5.69 Å². The van der Waals surface area contributed by atoms with Gasteiger partial charge in [0.1, 0.15) is 6.33 Å². The van der Waals surface area contributed by atoms with Crippen molar-refractivity contribution in [1.82, 2.24) is 30.8 Å². The molecule has 2 aromatic rings. The van der Waals surface area contributed by atoms with E-state index in [0.29, 0.717) is 6.54 Å². The van der Waals surface area contributed by atoms with Gasteiger partial charge in [-0.15, -0.1) is 17.5 Å². The van der Waals surface area contributed by atoms with Crippen LogP contribution < -0.4 is 10.6 Å². The van der Waals surface area contributed by atoms with Gasteiger partial charge in [0.25, 0.3) is 0 Å². The van der Waals surface area contributed by atoms with Crippen molar-refractivity contribution < 1.29 is 4.79 Å². The van der Waals surface area contributed by atoms with Gasteiger partial charge in [0, 0.05) is 6.54 Å². The van der Waals surface area contributed by atoms with Crippen molar-refractivity contribution in [3.8, 4) is 5.69 Å². The molecule has 1 aromatic heterocycles. The van der Waals surface area contributed by atoms with Gasteiger partial charge in [-0.25, -0.2) is 4.68 Å². The van der Waals surface area contributed by atoms with Crippen LogP contribution in [0.2, 0.25) is 0 Å². The van der Waals surface area contributed by atoms with Crippen molar-refractivity contribution in [2.75, 3.05) is 6.54 Å². The molecule has 7 nitrogen and oxygen atoms in total.